The molecule has 0 radical (unpaired) electrons. The molecule has 1 saturated carbocycles. The molecule has 1 N–H and O–H groups in total. The molecule has 206 valence electrons. The van der Waals surface area contributed by atoms with Crippen LogP contribution in [0.2, 0.25) is 0 Å². The Morgan fingerprint density at radius 3 is 2.51 bits per heavy atom. The van der Waals surface area contributed by atoms with Gasteiger partial charge in [-0.1, -0.05) is 11.3 Å². The molecule has 0 aromatic carbocycles. The van der Waals surface area contributed by atoms with Gasteiger partial charge in [-0.05, 0) is 77.6 Å². The van der Waals surface area contributed by atoms with E-state index in [1.165, 1.54) is 23.8 Å². The maximum atomic E-state index is 13.4. The van der Waals surface area contributed by atoms with Crippen LogP contribution in [0.3, 0.4) is 0 Å². The predicted molar refractivity (Wildman–Crippen MR) is 153 cm³/mol. The Balaban J connectivity index is 1.25. The lowest BCUT2D eigenvalue weighted by Crippen LogP contribution is -2.46. The van der Waals surface area contributed by atoms with Crippen molar-refractivity contribution in [3.63, 3.8) is 0 Å². The molecule has 9 nitrogen and oxygen atoms in total. The summed E-state index contributed by atoms with van der Waals surface area (Å²) in [5, 5.41) is 8.72. The molecule has 10 heteroatoms. The summed E-state index contributed by atoms with van der Waals surface area (Å²) >= 11 is 1.54. The van der Waals surface area contributed by atoms with Gasteiger partial charge in [-0.2, -0.15) is 5.10 Å². The van der Waals surface area contributed by atoms with Crippen molar-refractivity contribution in [1.82, 2.24) is 29.5 Å². The van der Waals surface area contributed by atoms with Crippen LogP contribution in [0.4, 0.5) is 5.13 Å². The summed E-state index contributed by atoms with van der Waals surface area (Å²) in [4.78, 5) is 39.7. The highest BCUT2D eigenvalue weighted by Gasteiger charge is 2.36. The monoisotopic (exact) mass is 547 g/mol. The molecule has 39 heavy (non-hydrogen) atoms. The van der Waals surface area contributed by atoms with Crippen molar-refractivity contribution in [2.45, 2.75) is 70.4 Å². The Kier molecular flexibility index (Phi) is 7.24. The number of amides is 2. The van der Waals surface area contributed by atoms with E-state index < -0.39 is 0 Å². The maximum Gasteiger partial charge on any atom is 0.225 e. The molecule has 0 bridgehead atoms. The molecule has 2 amide bonds. The van der Waals surface area contributed by atoms with Crippen molar-refractivity contribution in [3.05, 3.63) is 35.8 Å². The molecule has 4 heterocycles. The van der Waals surface area contributed by atoms with Crippen LogP contribution in [0.5, 0.6) is 0 Å². The molecule has 0 unspecified atom stereocenters. The highest BCUT2D eigenvalue weighted by Crippen LogP contribution is 2.46. The topological polar surface area (TPSA) is 96.2 Å². The number of aromatic nitrogens is 4. The number of hydrogen-bond acceptors (Lipinski definition) is 7. The Labute approximate surface area is 233 Å². The molecule has 3 aliphatic rings. The zero-order valence-corrected chi connectivity index (χ0v) is 23.8. The number of anilines is 1. The fourth-order valence-electron chi connectivity index (χ4n) is 6.53. The van der Waals surface area contributed by atoms with Crippen LogP contribution >= 0.6 is 11.3 Å². The lowest BCUT2D eigenvalue weighted by Gasteiger charge is -2.38. The standard InChI is InChI=1S/C29H37N7O2S/c1-18(37)31-29-32-24-11-10-23-25(20-5-4-14-30-17-20)33-36(26(23)27(24)39-29)22-8-6-19(7-9-22)28(38)35-15-12-21(13-16-35)34(2)3/h4-5,14,17,19,21-22H,6-13,15-16H2,1-3H3,(H,31,32,37)/t19-,22-. The van der Waals surface area contributed by atoms with E-state index in [0.29, 0.717) is 17.1 Å². The first kappa shape index (κ1) is 26.1. The van der Waals surface area contributed by atoms with Gasteiger partial charge < -0.3 is 15.1 Å². The van der Waals surface area contributed by atoms with E-state index in [-0.39, 0.29) is 17.9 Å². The predicted octanol–water partition coefficient (Wildman–Crippen LogP) is 4.41. The number of carbonyl (C=O) groups is 2. The fourth-order valence-corrected chi connectivity index (χ4v) is 7.65. The molecular formula is C29H37N7O2S. The minimum atomic E-state index is -0.111. The molecular weight excluding hydrogens is 510 g/mol. The summed E-state index contributed by atoms with van der Waals surface area (Å²) in [6.07, 6.45) is 11.1. The number of carbonyl (C=O) groups excluding carboxylic acids is 2. The number of fused-ring (bicyclic) bond motifs is 3. The van der Waals surface area contributed by atoms with Crippen LogP contribution in [0.15, 0.2) is 24.5 Å². The number of hydrogen-bond donors (Lipinski definition) is 1. The lowest BCUT2D eigenvalue weighted by atomic mass is 9.84. The average Bonchev–Trinajstić information content (AvgIpc) is 3.54. The highest BCUT2D eigenvalue weighted by molar-refractivity contribution is 7.19. The second-order valence-electron chi connectivity index (χ2n) is 11.4. The Bertz CT molecular complexity index is 1350. The van der Waals surface area contributed by atoms with Gasteiger partial charge in [-0.15, -0.1) is 0 Å². The number of rotatable bonds is 5. The van der Waals surface area contributed by atoms with Gasteiger partial charge in [0.15, 0.2) is 5.13 Å². The van der Waals surface area contributed by atoms with Crippen LogP contribution in [0.25, 0.3) is 21.8 Å². The smallest absolute Gasteiger partial charge is 0.225 e. The third kappa shape index (κ3) is 5.12. The summed E-state index contributed by atoms with van der Waals surface area (Å²) < 4.78 is 2.22. The average molecular weight is 548 g/mol. The Hall–Kier alpha value is -3.11. The largest absolute Gasteiger partial charge is 0.342 e. The first-order chi connectivity index (χ1) is 18.9. The zero-order chi connectivity index (χ0) is 27.1. The second-order valence-corrected chi connectivity index (χ2v) is 12.4. The molecule has 1 saturated heterocycles. The fraction of sp³-hybridized carbons (Fsp3) is 0.552. The number of aryl methyl sites for hydroxylation is 1. The molecule has 2 fully saturated rings. The third-order valence-corrected chi connectivity index (χ3v) is 9.67. The van der Waals surface area contributed by atoms with Gasteiger partial charge >= 0.3 is 0 Å². The van der Waals surface area contributed by atoms with Crippen LogP contribution < -0.4 is 5.32 Å². The number of piperidine rings is 1. The first-order valence-corrected chi connectivity index (χ1v) is 14.9. The van der Waals surface area contributed by atoms with Crippen molar-refractivity contribution >= 4 is 28.3 Å². The van der Waals surface area contributed by atoms with E-state index in [2.05, 4.69) is 44.9 Å². The summed E-state index contributed by atoms with van der Waals surface area (Å²) in [5.41, 5.74) is 5.40. The van der Waals surface area contributed by atoms with Gasteiger partial charge in [0.1, 0.15) is 0 Å². The van der Waals surface area contributed by atoms with Crippen molar-refractivity contribution in [2.24, 2.45) is 5.92 Å². The number of likely N-dealkylation sites (tertiary alicyclic amines) is 1. The zero-order valence-electron chi connectivity index (χ0n) is 23.0. The summed E-state index contributed by atoms with van der Waals surface area (Å²) in [7, 11) is 4.26. The number of pyridine rings is 1. The SMILES string of the molecule is CC(=O)Nc1nc2c(s1)-c1c(c(-c3cccnc3)nn1[C@H]1CC[C@H](C(=O)N3CCC(N(C)C)CC3)CC1)CC2. The van der Waals surface area contributed by atoms with Gasteiger partial charge in [-0.3, -0.25) is 19.3 Å². The van der Waals surface area contributed by atoms with Crippen LogP contribution in [0.1, 0.15) is 62.7 Å². The van der Waals surface area contributed by atoms with Crippen LogP contribution in [-0.4, -0.2) is 74.6 Å². The van der Waals surface area contributed by atoms with E-state index >= 15 is 0 Å². The molecule has 0 atom stereocenters. The Morgan fingerprint density at radius 2 is 1.85 bits per heavy atom. The molecule has 6 rings (SSSR count). The maximum absolute atomic E-state index is 13.4. The highest BCUT2D eigenvalue weighted by atomic mass is 32.1. The van der Waals surface area contributed by atoms with Gasteiger partial charge in [-0.25, -0.2) is 4.98 Å². The van der Waals surface area contributed by atoms with Crippen molar-refractivity contribution in [1.29, 1.82) is 0 Å². The van der Waals surface area contributed by atoms with Crippen LogP contribution in [-0.2, 0) is 22.4 Å². The van der Waals surface area contributed by atoms with E-state index in [4.69, 9.17) is 10.1 Å². The quantitative estimate of drug-likeness (QED) is 0.508. The van der Waals surface area contributed by atoms with E-state index in [0.717, 1.165) is 92.0 Å². The molecule has 3 aromatic rings. The Morgan fingerprint density at radius 1 is 1.08 bits per heavy atom. The summed E-state index contributed by atoms with van der Waals surface area (Å²) in [5.74, 6) is 0.334. The molecule has 3 aromatic heterocycles. The normalized spacial score (nSPS) is 21.5. The minimum Gasteiger partial charge on any atom is -0.342 e. The summed E-state index contributed by atoms with van der Waals surface area (Å²) in [6, 6.07) is 4.83. The van der Waals surface area contributed by atoms with Crippen LogP contribution in [0, 0.1) is 5.92 Å². The van der Waals surface area contributed by atoms with Crippen molar-refractivity contribution in [3.8, 4) is 21.8 Å². The summed E-state index contributed by atoms with van der Waals surface area (Å²) in [6.45, 7) is 3.25. The third-order valence-electron chi connectivity index (χ3n) is 8.65. The van der Waals surface area contributed by atoms with E-state index in [1.54, 1.807) is 6.20 Å². The lowest BCUT2D eigenvalue weighted by molar-refractivity contribution is -0.138. The molecule has 0 spiro atoms. The van der Waals surface area contributed by atoms with E-state index in [9.17, 15) is 9.59 Å². The molecule has 2 aliphatic carbocycles. The molecule has 1 aliphatic heterocycles. The van der Waals surface area contributed by atoms with E-state index in [1.807, 2.05) is 12.3 Å². The van der Waals surface area contributed by atoms with Crippen molar-refractivity contribution < 1.29 is 9.59 Å². The van der Waals surface area contributed by atoms with Gasteiger partial charge in [0, 0.05) is 55.5 Å². The van der Waals surface area contributed by atoms with Crippen molar-refractivity contribution in [2.75, 3.05) is 32.5 Å². The van der Waals surface area contributed by atoms with Gasteiger partial charge in [0.25, 0.3) is 0 Å². The first-order valence-electron chi connectivity index (χ1n) is 14.1. The van der Waals surface area contributed by atoms with Gasteiger partial charge in [0.05, 0.1) is 28.0 Å². The van der Waals surface area contributed by atoms with Gasteiger partial charge in [0.2, 0.25) is 11.8 Å². The number of nitrogens with one attached hydrogen (secondary N) is 1. The number of nitrogens with zero attached hydrogens (tertiary/aromatic N) is 6. The minimum absolute atomic E-state index is 0.103. The number of thiazole rings is 1. The second kappa shape index (κ2) is 10.8.